The van der Waals surface area contributed by atoms with Crippen LogP contribution in [0, 0.1) is 10.5 Å². The predicted molar refractivity (Wildman–Crippen MR) is 74.7 cm³/mol. The minimum absolute atomic E-state index is 0.625. The third kappa shape index (κ3) is 3.23. The van der Waals surface area contributed by atoms with E-state index in [1.807, 2.05) is 12.1 Å². The highest BCUT2D eigenvalue weighted by atomic mass is 127. The average Bonchev–Trinajstić information content (AvgIpc) is 2.28. The molecule has 0 saturated carbocycles. The van der Waals surface area contributed by atoms with Crippen LogP contribution in [0.15, 0.2) is 48.5 Å². The van der Waals surface area contributed by atoms with Crippen molar-refractivity contribution in [3.05, 3.63) is 63.2 Å². The summed E-state index contributed by atoms with van der Waals surface area (Å²) < 4.78 is 6.94. The van der Waals surface area contributed by atoms with Gasteiger partial charge >= 0.3 is 0 Å². The first kappa shape index (κ1) is 11.5. The molecule has 0 unspecified atom stereocenters. The Balaban J connectivity index is 1.99. The van der Waals surface area contributed by atoms with Gasteiger partial charge in [0.25, 0.3) is 0 Å². The van der Waals surface area contributed by atoms with Crippen molar-refractivity contribution in [1.82, 2.24) is 0 Å². The summed E-state index contributed by atoms with van der Waals surface area (Å²) in [5, 5.41) is 0. The van der Waals surface area contributed by atoms with Gasteiger partial charge in [-0.05, 0) is 59.3 Å². The molecule has 2 heteroatoms. The van der Waals surface area contributed by atoms with E-state index in [1.165, 1.54) is 14.7 Å². The van der Waals surface area contributed by atoms with E-state index in [-0.39, 0.29) is 0 Å². The lowest BCUT2D eigenvalue weighted by molar-refractivity contribution is 0.306. The van der Waals surface area contributed by atoms with Crippen LogP contribution in [0.25, 0.3) is 0 Å². The molecule has 0 aliphatic rings. The summed E-state index contributed by atoms with van der Waals surface area (Å²) in [5.41, 5.74) is 2.45. The molecule has 0 aromatic heterocycles. The zero-order valence-electron chi connectivity index (χ0n) is 9.11. The Kier molecular flexibility index (Phi) is 3.83. The number of hydrogen-bond acceptors (Lipinski definition) is 1. The Morgan fingerprint density at radius 3 is 2.50 bits per heavy atom. The Bertz CT molecular complexity index is 462. The van der Waals surface area contributed by atoms with Crippen molar-refractivity contribution in [2.24, 2.45) is 0 Å². The second kappa shape index (κ2) is 5.34. The fourth-order valence-corrected chi connectivity index (χ4v) is 2.04. The summed E-state index contributed by atoms with van der Waals surface area (Å²) in [6, 6.07) is 16.5. The largest absolute Gasteiger partial charge is 0.489 e. The monoisotopic (exact) mass is 324 g/mol. The molecule has 2 rings (SSSR count). The Morgan fingerprint density at radius 2 is 1.81 bits per heavy atom. The quantitative estimate of drug-likeness (QED) is 0.770. The molecule has 1 nitrogen and oxygen atoms in total. The van der Waals surface area contributed by atoms with Crippen LogP contribution in [0.5, 0.6) is 5.75 Å². The van der Waals surface area contributed by atoms with Crippen molar-refractivity contribution < 1.29 is 4.74 Å². The second-order valence-electron chi connectivity index (χ2n) is 3.73. The van der Waals surface area contributed by atoms with Crippen LogP contribution in [0.2, 0.25) is 0 Å². The van der Waals surface area contributed by atoms with E-state index in [9.17, 15) is 0 Å². The van der Waals surface area contributed by atoms with Crippen molar-refractivity contribution in [1.29, 1.82) is 0 Å². The molecule has 0 heterocycles. The van der Waals surface area contributed by atoms with Gasteiger partial charge in [0.2, 0.25) is 0 Å². The molecular weight excluding hydrogens is 311 g/mol. The van der Waals surface area contributed by atoms with Gasteiger partial charge in [0, 0.05) is 3.57 Å². The first-order chi connectivity index (χ1) is 7.74. The fraction of sp³-hybridized carbons (Fsp3) is 0.143. The molecular formula is C14H13IO. The van der Waals surface area contributed by atoms with Crippen LogP contribution in [0.3, 0.4) is 0 Å². The van der Waals surface area contributed by atoms with E-state index in [1.54, 1.807) is 0 Å². The molecule has 0 fully saturated rings. The lowest BCUT2D eigenvalue weighted by atomic mass is 10.2. The van der Waals surface area contributed by atoms with Gasteiger partial charge in [-0.25, -0.2) is 0 Å². The van der Waals surface area contributed by atoms with Crippen LogP contribution in [0.1, 0.15) is 11.1 Å². The number of hydrogen-bond donors (Lipinski definition) is 0. The Hall–Kier alpha value is -1.03. The van der Waals surface area contributed by atoms with E-state index < -0.39 is 0 Å². The van der Waals surface area contributed by atoms with Gasteiger partial charge in [-0.15, -0.1) is 0 Å². The molecule has 0 bridgehead atoms. The summed E-state index contributed by atoms with van der Waals surface area (Å²) in [5.74, 6) is 0.921. The van der Waals surface area contributed by atoms with Gasteiger partial charge in [-0.1, -0.05) is 29.8 Å². The number of aryl methyl sites for hydroxylation is 1. The molecule has 0 atom stereocenters. The van der Waals surface area contributed by atoms with Gasteiger partial charge in [-0.3, -0.25) is 0 Å². The summed E-state index contributed by atoms with van der Waals surface area (Å²) >= 11 is 2.31. The highest BCUT2D eigenvalue weighted by molar-refractivity contribution is 14.1. The van der Waals surface area contributed by atoms with Crippen LogP contribution >= 0.6 is 22.6 Å². The maximum atomic E-state index is 5.70. The van der Waals surface area contributed by atoms with E-state index in [0.717, 1.165) is 5.75 Å². The molecule has 0 aliphatic carbocycles. The van der Waals surface area contributed by atoms with E-state index >= 15 is 0 Å². The summed E-state index contributed by atoms with van der Waals surface area (Å²) in [4.78, 5) is 0. The number of benzene rings is 2. The van der Waals surface area contributed by atoms with Crippen LogP contribution < -0.4 is 4.74 Å². The number of ether oxygens (including phenoxy) is 1. The van der Waals surface area contributed by atoms with E-state index in [4.69, 9.17) is 4.74 Å². The summed E-state index contributed by atoms with van der Waals surface area (Å²) in [6.07, 6.45) is 0. The minimum Gasteiger partial charge on any atom is -0.489 e. The maximum absolute atomic E-state index is 5.70. The molecule has 16 heavy (non-hydrogen) atoms. The smallest absolute Gasteiger partial charge is 0.119 e. The summed E-state index contributed by atoms with van der Waals surface area (Å²) in [6.45, 7) is 2.70. The first-order valence-corrected chi connectivity index (χ1v) is 6.26. The van der Waals surface area contributed by atoms with Gasteiger partial charge in [0.15, 0.2) is 0 Å². The lowest BCUT2D eigenvalue weighted by Crippen LogP contribution is -1.95. The van der Waals surface area contributed by atoms with Gasteiger partial charge in [0.05, 0.1) is 0 Å². The first-order valence-electron chi connectivity index (χ1n) is 5.18. The third-order valence-corrected chi connectivity index (χ3v) is 2.99. The molecule has 0 aliphatic heterocycles. The minimum atomic E-state index is 0.625. The lowest BCUT2D eigenvalue weighted by Gasteiger charge is -2.06. The van der Waals surface area contributed by atoms with Crippen LogP contribution in [-0.2, 0) is 6.61 Å². The SMILES string of the molecule is Cc1ccc(OCc2cccc(I)c2)cc1. The number of rotatable bonds is 3. The standard InChI is InChI=1S/C14H13IO/c1-11-5-7-14(8-6-11)16-10-12-3-2-4-13(15)9-12/h2-9H,10H2,1H3. The highest BCUT2D eigenvalue weighted by Gasteiger charge is 1.96. The van der Waals surface area contributed by atoms with Crippen molar-refractivity contribution >= 4 is 22.6 Å². The molecule has 2 aromatic carbocycles. The number of halogens is 1. The van der Waals surface area contributed by atoms with Crippen LogP contribution in [-0.4, -0.2) is 0 Å². The van der Waals surface area contributed by atoms with Gasteiger partial charge < -0.3 is 4.74 Å². The van der Waals surface area contributed by atoms with Crippen molar-refractivity contribution in [2.75, 3.05) is 0 Å². The van der Waals surface area contributed by atoms with E-state index in [2.05, 4.69) is 65.9 Å². The van der Waals surface area contributed by atoms with Gasteiger partial charge in [-0.2, -0.15) is 0 Å². The molecule has 0 amide bonds. The van der Waals surface area contributed by atoms with Crippen molar-refractivity contribution in [2.45, 2.75) is 13.5 Å². The topological polar surface area (TPSA) is 9.23 Å². The zero-order chi connectivity index (χ0) is 11.4. The predicted octanol–water partition coefficient (Wildman–Crippen LogP) is 4.18. The second-order valence-corrected chi connectivity index (χ2v) is 4.98. The third-order valence-electron chi connectivity index (χ3n) is 2.32. The molecule has 0 spiro atoms. The van der Waals surface area contributed by atoms with Gasteiger partial charge in [0.1, 0.15) is 12.4 Å². The van der Waals surface area contributed by atoms with E-state index in [0.29, 0.717) is 6.61 Å². The molecule has 2 aromatic rings. The van der Waals surface area contributed by atoms with Crippen molar-refractivity contribution in [3.8, 4) is 5.75 Å². The molecule has 0 radical (unpaired) electrons. The fourth-order valence-electron chi connectivity index (χ4n) is 1.43. The highest BCUT2D eigenvalue weighted by Crippen LogP contribution is 2.14. The summed E-state index contributed by atoms with van der Waals surface area (Å²) in [7, 11) is 0. The maximum Gasteiger partial charge on any atom is 0.119 e. The normalized spacial score (nSPS) is 10.1. The molecule has 0 N–H and O–H groups in total. The average molecular weight is 324 g/mol. The molecule has 0 saturated heterocycles. The Labute approximate surface area is 110 Å². The van der Waals surface area contributed by atoms with Crippen LogP contribution in [0.4, 0.5) is 0 Å². The zero-order valence-corrected chi connectivity index (χ0v) is 11.3. The Morgan fingerprint density at radius 1 is 1.06 bits per heavy atom. The van der Waals surface area contributed by atoms with Crippen molar-refractivity contribution in [3.63, 3.8) is 0 Å². The molecule has 82 valence electrons.